The van der Waals surface area contributed by atoms with Gasteiger partial charge in [0.1, 0.15) is 0 Å². The molecule has 0 aliphatic carbocycles. The molecule has 104 valence electrons. The lowest BCUT2D eigenvalue weighted by Gasteiger charge is -2.10. The van der Waals surface area contributed by atoms with Gasteiger partial charge >= 0.3 is 5.97 Å². The molecule has 0 aliphatic heterocycles. The number of hydrogen-bond donors (Lipinski definition) is 2. The molecular weight excluding hydrogens is 242 g/mol. The van der Waals surface area contributed by atoms with Gasteiger partial charge in [0.05, 0.1) is 6.04 Å². The molecular formula is C15H21NO3. The molecule has 0 spiro atoms. The zero-order chi connectivity index (χ0) is 14.4. The fraction of sp³-hybridized carbons (Fsp3) is 0.467. The number of rotatable bonds is 7. The summed E-state index contributed by atoms with van der Waals surface area (Å²) in [7, 11) is 0. The number of carboxylic acid groups (broad SMARTS) is 1. The van der Waals surface area contributed by atoms with Crippen molar-refractivity contribution in [3.63, 3.8) is 0 Å². The van der Waals surface area contributed by atoms with Crippen molar-refractivity contribution in [1.29, 1.82) is 0 Å². The van der Waals surface area contributed by atoms with Gasteiger partial charge in [-0.3, -0.25) is 9.59 Å². The molecule has 1 unspecified atom stereocenters. The number of hydrogen-bond acceptors (Lipinski definition) is 3. The Kier molecular flexibility index (Phi) is 5.70. The van der Waals surface area contributed by atoms with E-state index in [0.717, 1.165) is 6.42 Å². The average Bonchev–Trinajstić information content (AvgIpc) is 2.35. The predicted molar refractivity (Wildman–Crippen MR) is 74.2 cm³/mol. The van der Waals surface area contributed by atoms with Crippen LogP contribution in [0.1, 0.15) is 42.6 Å². The van der Waals surface area contributed by atoms with Gasteiger partial charge in [0.2, 0.25) is 0 Å². The number of nitrogens with two attached hydrogens (primary N) is 1. The van der Waals surface area contributed by atoms with Gasteiger partial charge in [-0.2, -0.15) is 0 Å². The third-order valence-electron chi connectivity index (χ3n) is 2.89. The highest BCUT2D eigenvalue weighted by atomic mass is 16.4. The van der Waals surface area contributed by atoms with Crippen molar-refractivity contribution >= 4 is 11.8 Å². The van der Waals surface area contributed by atoms with Crippen LogP contribution in [0, 0.1) is 5.92 Å². The fourth-order valence-electron chi connectivity index (χ4n) is 1.90. The van der Waals surface area contributed by atoms with Crippen LogP contribution in [-0.2, 0) is 11.2 Å². The maximum absolute atomic E-state index is 12.0. The molecule has 0 fully saturated rings. The Morgan fingerprint density at radius 1 is 1.21 bits per heavy atom. The van der Waals surface area contributed by atoms with E-state index in [1.807, 2.05) is 12.1 Å². The molecule has 0 bridgehead atoms. The van der Waals surface area contributed by atoms with Crippen molar-refractivity contribution < 1.29 is 14.7 Å². The number of carbonyl (C=O) groups excluding carboxylic acids is 1. The summed E-state index contributed by atoms with van der Waals surface area (Å²) in [4.78, 5) is 22.4. The van der Waals surface area contributed by atoms with E-state index in [-0.39, 0.29) is 18.6 Å². The van der Waals surface area contributed by atoms with Crippen molar-refractivity contribution in [2.45, 2.75) is 39.2 Å². The lowest BCUT2D eigenvalue weighted by atomic mass is 9.97. The van der Waals surface area contributed by atoms with Gasteiger partial charge in [-0.15, -0.1) is 0 Å². The van der Waals surface area contributed by atoms with Crippen LogP contribution in [0.15, 0.2) is 24.3 Å². The molecule has 1 atom stereocenters. The Hall–Kier alpha value is -1.68. The Bertz CT molecular complexity index is 437. The quantitative estimate of drug-likeness (QED) is 0.739. The summed E-state index contributed by atoms with van der Waals surface area (Å²) in [5, 5.41) is 8.57. The molecule has 19 heavy (non-hydrogen) atoms. The van der Waals surface area contributed by atoms with E-state index in [9.17, 15) is 9.59 Å². The van der Waals surface area contributed by atoms with E-state index < -0.39 is 12.0 Å². The smallest absolute Gasteiger partial charge is 0.303 e. The van der Waals surface area contributed by atoms with Crippen LogP contribution >= 0.6 is 0 Å². The number of ketones is 1. The summed E-state index contributed by atoms with van der Waals surface area (Å²) in [6.45, 7) is 4.28. The van der Waals surface area contributed by atoms with Gasteiger partial charge in [-0.05, 0) is 24.3 Å². The van der Waals surface area contributed by atoms with Crippen molar-refractivity contribution in [3.8, 4) is 0 Å². The van der Waals surface area contributed by atoms with E-state index in [2.05, 4.69) is 13.8 Å². The number of aliphatic carboxylic acids is 1. The molecule has 1 aromatic carbocycles. The first-order valence-electron chi connectivity index (χ1n) is 6.50. The number of Topliss-reactive ketones (excluding diaryl/α,β-unsaturated/α-hetero) is 1. The second-order valence-corrected chi connectivity index (χ2v) is 5.20. The minimum Gasteiger partial charge on any atom is -0.481 e. The zero-order valence-electron chi connectivity index (χ0n) is 11.4. The monoisotopic (exact) mass is 263 g/mol. The summed E-state index contributed by atoms with van der Waals surface area (Å²) in [6.07, 6.45) is 1.06. The zero-order valence-corrected chi connectivity index (χ0v) is 11.4. The largest absolute Gasteiger partial charge is 0.481 e. The summed E-state index contributed by atoms with van der Waals surface area (Å²) < 4.78 is 0. The molecule has 4 heteroatoms. The van der Waals surface area contributed by atoms with Gasteiger partial charge < -0.3 is 10.8 Å². The standard InChI is InChI=1S/C15H21NO3/c1-10(2)9-11-3-5-12(6-4-11)15(19)13(16)7-8-14(17)18/h3-6,10,13H,7-9,16H2,1-2H3,(H,17,18). The average molecular weight is 263 g/mol. The lowest BCUT2D eigenvalue weighted by Crippen LogP contribution is -2.31. The van der Waals surface area contributed by atoms with Gasteiger partial charge in [-0.1, -0.05) is 38.1 Å². The van der Waals surface area contributed by atoms with Crippen LogP contribution < -0.4 is 5.73 Å². The molecule has 0 amide bonds. The number of carboxylic acids is 1. The molecule has 0 radical (unpaired) electrons. The summed E-state index contributed by atoms with van der Waals surface area (Å²) in [5.74, 6) is -0.563. The normalized spacial score (nSPS) is 12.4. The number of carbonyl (C=O) groups is 2. The lowest BCUT2D eigenvalue weighted by molar-refractivity contribution is -0.137. The first-order chi connectivity index (χ1) is 8.90. The maximum atomic E-state index is 12.0. The topological polar surface area (TPSA) is 80.4 Å². The van der Waals surface area contributed by atoms with E-state index in [1.54, 1.807) is 12.1 Å². The van der Waals surface area contributed by atoms with E-state index in [1.165, 1.54) is 5.56 Å². The highest BCUT2D eigenvalue weighted by molar-refractivity contribution is 6.00. The maximum Gasteiger partial charge on any atom is 0.303 e. The first kappa shape index (κ1) is 15.4. The van der Waals surface area contributed by atoms with Gasteiger partial charge in [0, 0.05) is 12.0 Å². The number of benzene rings is 1. The van der Waals surface area contributed by atoms with Crippen LogP contribution in [0.3, 0.4) is 0 Å². The van der Waals surface area contributed by atoms with Crippen molar-refractivity contribution in [1.82, 2.24) is 0 Å². The second kappa shape index (κ2) is 7.04. The minimum absolute atomic E-state index is 0.0850. The Labute approximate surface area is 113 Å². The molecule has 0 heterocycles. The molecule has 3 N–H and O–H groups in total. The minimum atomic E-state index is -0.935. The highest BCUT2D eigenvalue weighted by Crippen LogP contribution is 2.12. The van der Waals surface area contributed by atoms with Gasteiger partial charge in [-0.25, -0.2) is 0 Å². The van der Waals surface area contributed by atoms with Crippen LogP contribution in [0.25, 0.3) is 0 Å². The molecule has 4 nitrogen and oxygen atoms in total. The second-order valence-electron chi connectivity index (χ2n) is 5.20. The van der Waals surface area contributed by atoms with Gasteiger partial charge in [0.15, 0.2) is 5.78 Å². The summed E-state index contributed by atoms with van der Waals surface area (Å²) in [6, 6.07) is 6.64. The third kappa shape index (κ3) is 5.22. The SMILES string of the molecule is CC(C)Cc1ccc(C(=O)C(N)CCC(=O)O)cc1. The Balaban J connectivity index is 2.64. The third-order valence-corrected chi connectivity index (χ3v) is 2.89. The Morgan fingerprint density at radius 2 is 1.79 bits per heavy atom. The van der Waals surface area contributed by atoms with Crippen LogP contribution in [0.5, 0.6) is 0 Å². The summed E-state index contributed by atoms with van der Waals surface area (Å²) in [5.41, 5.74) is 7.44. The predicted octanol–water partition coefficient (Wildman–Crippen LogP) is 2.26. The molecule has 1 aromatic rings. The van der Waals surface area contributed by atoms with Crippen LogP contribution in [0.2, 0.25) is 0 Å². The highest BCUT2D eigenvalue weighted by Gasteiger charge is 2.16. The van der Waals surface area contributed by atoms with Crippen molar-refractivity contribution in [3.05, 3.63) is 35.4 Å². The summed E-state index contributed by atoms with van der Waals surface area (Å²) >= 11 is 0. The Morgan fingerprint density at radius 3 is 2.26 bits per heavy atom. The fourth-order valence-corrected chi connectivity index (χ4v) is 1.90. The van der Waals surface area contributed by atoms with E-state index in [0.29, 0.717) is 11.5 Å². The molecule has 0 aliphatic rings. The van der Waals surface area contributed by atoms with E-state index >= 15 is 0 Å². The van der Waals surface area contributed by atoms with Crippen molar-refractivity contribution in [2.24, 2.45) is 11.7 Å². The van der Waals surface area contributed by atoms with E-state index in [4.69, 9.17) is 10.8 Å². The molecule has 0 saturated carbocycles. The van der Waals surface area contributed by atoms with Crippen LogP contribution in [0.4, 0.5) is 0 Å². The molecule has 0 saturated heterocycles. The first-order valence-corrected chi connectivity index (χ1v) is 6.50. The van der Waals surface area contributed by atoms with Gasteiger partial charge in [0.25, 0.3) is 0 Å². The molecule has 1 rings (SSSR count). The van der Waals surface area contributed by atoms with Crippen molar-refractivity contribution in [2.75, 3.05) is 0 Å². The van der Waals surface area contributed by atoms with Crippen LogP contribution in [-0.4, -0.2) is 22.9 Å². The molecule has 0 aromatic heterocycles.